The number of rotatable bonds is 9. The van der Waals surface area contributed by atoms with Gasteiger partial charge in [-0.05, 0) is 49.2 Å². The molecule has 1 N–H and O–H groups in total. The molecule has 0 radical (unpaired) electrons. The first-order valence-corrected chi connectivity index (χ1v) is 15.4. The van der Waals surface area contributed by atoms with Gasteiger partial charge in [0.15, 0.2) is 21.6 Å². The van der Waals surface area contributed by atoms with Crippen molar-refractivity contribution in [2.75, 3.05) is 19.1 Å². The number of anilines is 1. The number of Topliss-reactive ketones (excluding diaryl/α,β-unsaturated/α-hetero) is 1. The number of methoxy groups -OCH3 is 2. The highest BCUT2D eigenvalue weighted by Crippen LogP contribution is 2.46. The van der Waals surface area contributed by atoms with Crippen molar-refractivity contribution >= 4 is 74.5 Å². The van der Waals surface area contributed by atoms with Gasteiger partial charge in [-0.15, -0.1) is 21.5 Å². The minimum absolute atomic E-state index is 0.0775. The lowest BCUT2D eigenvalue weighted by Gasteiger charge is -2.24. The Balaban J connectivity index is 1.54. The number of benzene rings is 2. The summed E-state index contributed by atoms with van der Waals surface area (Å²) in [5.41, 5.74) is 1.82. The summed E-state index contributed by atoms with van der Waals surface area (Å²) in [6.07, 6.45) is 0. The number of aromatic nitrogens is 3. The van der Waals surface area contributed by atoms with E-state index >= 15 is 0 Å². The highest BCUT2D eigenvalue weighted by atomic mass is 35.5. The van der Waals surface area contributed by atoms with Gasteiger partial charge in [-0.25, -0.2) is 4.98 Å². The van der Waals surface area contributed by atoms with Crippen LogP contribution in [-0.2, 0) is 10.5 Å². The van der Waals surface area contributed by atoms with Gasteiger partial charge in [-0.3, -0.25) is 14.5 Å². The first-order chi connectivity index (χ1) is 19.6. The molecule has 2 aromatic carbocycles. The Hall–Kier alpha value is -3.16. The van der Waals surface area contributed by atoms with E-state index < -0.39 is 23.5 Å². The average molecular weight is 650 g/mol. The van der Waals surface area contributed by atoms with Crippen molar-refractivity contribution in [2.45, 2.75) is 30.0 Å². The molecule has 2 aromatic heterocycles. The molecule has 1 aliphatic heterocycles. The van der Waals surface area contributed by atoms with Gasteiger partial charge < -0.3 is 14.6 Å². The van der Waals surface area contributed by atoms with Crippen molar-refractivity contribution in [1.29, 1.82) is 0 Å². The highest BCUT2D eigenvalue weighted by Gasteiger charge is 2.47. The third-order valence-electron chi connectivity index (χ3n) is 6.25. The van der Waals surface area contributed by atoms with E-state index in [0.717, 1.165) is 16.9 Å². The zero-order chi connectivity index (χ0) is 29.4. The predicted octanol–water partition coefficient (Wildman–Crippen LogP) is 7.01. The molecule has 0 bridgehead atoms. The molecule has 1 aliphatic rings. The summed E-state index contributed by atoms with van der Waals surface area (Å²) >= 11 is 16.1. The number of carbonyl (C=O) groups excluding carboxylic acids is 2. The number of aliphatic hydroxyl groups is 1. The van der Waals surface area contributed by atoms with Gasteiger partial charge in [-0.1, -0.05) is 58.4 Å². The number of nitrogens with zero attached hydrogens (tertiary/aromatic N) is 4. The summed E-state index contributed by atoms with van der Waals surface area (Å²) in [5.74, 6) is -0.545. The molecular formula is C27H22Cl2N4O5S3. The SMILES string of the molecule is COc1ccc(C2C(C(=O)c3sc(C)nc3C)=C(O)C(=O)N2c2nnc(SCc3ccc(Cl)cc3Cl)s2)cc1OC. The molecule has 9 nitrogen and oxygen atoms in total. The van der Waals surface area contributed by atoms with E-state index in [4.69, 9.17) is 32.7 Å². The molecule has 3 heterocycles. The van der Waals surface area contributed by atoms with E-state index in [2.05, 4.69) is 15.2 Å². The summed E-state index contributed by atoms with van der Waals surface area (Å²) in [7, 11) is 3.00. The van der Waals surface area contributed by atoms with Crippen LogP contribution < -0.4 is 14.4 Å². The number of amides is 1. The van der Waals surface area contributed by atoms with E-state index in [1.54, 1.807) is 44.2 Å². The minimum Gasteiger partial charge on any atom is -0.503 e. The normalized spacial score (nSPS) is 15.1. The third-order valence-corrected chi connectivity index (χ3v) is 10.0. The summed E-state index contributed by atoms with van der Waals surface area (Å²) in [4.78, 5) is 33.4. The Labute approximate surface area is 257 Å². The fourth-order valence-corrected chi connectivity index (χ4v) is 7.67. The van der Waals surface area contributed by atoms with Gasteiger partial charge in [0.05, 0.1) is 41.4 Å². The molecule has 0 aliphatic carbocycles. The van der Waals surface area contributed by atoms with Crippen molar-refractivity contribution in [3.63, 3.8) is 0 Å². The van der Waals surface area contributed by atoms with Crippen LogP contribution in [-0.4, -0.2) is 46.2 Å². The van der Waals surface area contributed by atoms with Gasteiger partial charge in [0.25, 0.3) is 5.91 Å². The number of halogens is 2. The Kier molecular flexibility index (Phi) is 8.57. The van der Waals surface area contributed by atoms with Gasteiger partial charge in [0.2, 0.25) is 10.9 Å². The second-order valence-electron chi connectivity index (χ2n) is 8.81. The van der Waals surface area contributed by atoms with Crippen LogP contribution in [0.25, 0.3) is 0 Å². The van der Waals surface area contributed by atoms with Crippen molar-refractivity contribution in [3.8, 4) is 11.5 Å². The van der Waals surface area contributed by atoms with Gasteiger partial charge in [0.1, 0.15) is 0 Å². The van der Waals surface area contributed by atoms with Crippen LogP contribution in [0.15, 0.2) is 52.1 Å². The molecule has 0 saturated heterocycles. The van der Waals surface area contributed by atoms with Gasteiger partial charge in [0, 0.05) is 15.8 Å². The number of carbonyl (C=O) groups is 2. The van der Waals surface area contributed by atoms with Crippen LogP contribution in [0, 0.1) is 13.8 Å². The first-order valence-electron chi connectivity index (χ1n) is 12.0. The third kappa shape index (κ3) is 5.67. The van der Waals surface area contributed by atoms with Crippen LogP contribution in [0.5, 0.6) is 11.5 Å². The Bertz CT molecular complexity index is 1700. The molecule has 1 atom stereocenters. The molecule has 1 amide bonds. The van der Waals surface area contributed by atoms with E-state index in [0.29, 0.717) is 52.8 Å². The van der Waals surface area contributed by atoms with Crippen LogP contribution >= 0.6 is 57.6 Å². The average Bonchev–Trinajstić information content (AvgIpc) is 3.62. The quantitative estimate of drug-likeness (QED) is 0.116. The van der Waals surface area contributed by atoms with Crippen LogP contribution in [0.1, 0.15) is 37.5 Å². The molecule has 212 valence electrons. The van der Waals surface area contributed by atoms with E-state index in [9.17, 15) is 14.7 Å². The molecule has 14 heteroatoms. The van der Waals surface area contributed by atoms with E-state index in [-0.39, 0.29) is 10.7 Å². The maximum atomic E-state index is 13.9. The number of thioether (sulfide) groups is 1. The van der Waals surface area contributed by atoms with Gasteiger partial charge >= 0.3 is 0 Å². The highest BCUT2D eigenvalue weighted by molar-refractivity contribution is 8.00. The molecule has 0 spiro atoms. The Morgan fingerprint density at radius 3 is 2.49 bits per heavy atom. The zero-order valence-electron chi connectivity index (χ0n) is 22.1. The second-order valence-corrected chi connectivity index (χ2v) is 13.0. The Morgan fingerprint density at radius 2 is 1.83 bits per heavy atom. The lowest BCUT2D eigenvalue weighted by Crippen LogP contribution is -2.31. The monoisotopic (exact) mass is 648 g/mol. The molecule has 5 rings (SSSR count). The van der Waals surface area contributed by atoms with Crippen molar-refractivity contribution in [3.05, 3.63) is 84.5 Å². The molecule has 41 heavy (non-hydrogen) atoms. The van der Waals surface area contributed by atoms with Crippen molar-refractivity contribution < 1.29 is 24.2 Å². The number of aryl methyl sites for hydroxylation is 2. The van der Waals surface area contributed by atoms with Crippen molar-refractivity contribution in [1.82, 2.24) is 15.2 Å². The lowest BCUT2D eigenvalue weighted by atomic mass is 9.95. The minimum atomic E-state index is -1.01. The summed E-state index contributed by atoms with van der Waals surface area (Å²) < 4.78 is 11.4. The molecule has 0 saturated carbocycles. The molecule has 0 fully saturated rings. The fourth-order valence-electron chi connectivity index (χ4n) is 4.37. The maximum Gasteiger partial charge on any atom is 0.296 e. The Morgan fingerprint density at radius 1 is 1.07 bits per heavy atom. The zero-order valence-corrected chi connectivity index (χ0v) is 26.1. The van der Waals surface area contributed by atoms with Crippen LogP contribution in [0.2, 0.25) is 10.0 Å². The summed E-state index contributed by atoms with van der Waals surface area (Å²) in [6.45, 7) is 3.51. The van der Waals surface area contributed by atoms with Crippen molar-refractivity contribution in [2.24, 2.45) is 0 Å². The predicted molar refractivity (Wildman–Crippen MR) is 161 cm³/mol. The second kappa shape index (κ2) is 12.0. The molecular weight excluding hydrogens is 627 g/mol. The smallest absolute Gasteiger partial charge is 0.296 e. The largest absolute Gasteiger partial charge is 0.503 e. The number of ketones is 1. The first kappa shape index (κ1) is 29.3. The fraction of sp³-hybridized carbons (Fsp3) is 0.222. The number of thiazole rings is 1. The van der Waals surface area contributed by atoms with Crippen LogP contribution in [0.3, 0.4) is 0 Å². The number of hydrogen-bond donors (Lipinski definition) is 1. The number of hydrogen-bond acceptors (Lipinski definition) is 11. The topological polar surface area (TPSA) is 115 Å². The number of ether oxygens (including phenoxy) is 2. The number of aliphatic hydroxyl groups excluding tert-OH is 1. The summed E-state index contributed by atoms with van der Waals surface area (Å²) in [6, 6.07) is 9.30. The standard InChI is InChI=1S/C27H22Cl2N4O5S3/c1-12-24(40-13(2)30-12)22(34)20-21(14-6-8-18(37-3)19(9-14)38-4)33(25(36)23(20)35)26-31-32-27(41-26)39-11-15-5-7-16(28)10-17(15)29/h5-10,21,35H,11H2,1-4H3. The van der Waals surface area contributed by atoms with E-state index in [1.807, 2.05) is 6.07 Å². The lowest BCUT2D eigenvalue weighted by molar-refractivity contribution is -0.117. The maximum absolute atomic E-state index is 13.9. The molecule has 1 unspecified atom stereocenters. The molecule has 4 aromatic rings. The van der Waals surface area contributed by atoms with Gasteiger partial charge in [-0.2, -0.15) is 0 Å². The summed E-state index contributed by atoms with van der Waals surface area (Å²) in [5, 5.41) is 21.6. The van der Waals surface area contributed by atoms with Crippen LogP contribution in [0.4, 0.5) is 5.13 Å². The van der Waals surface area contributed by atoms with E-state index in [1.165, 1.54) is 42.2 Å².